The maximum Gasteiger partial charge on any atom is 0.264 e. The Morgan fingerprint density at radius 3 is 2.74 bits per heavy atom. The molecule has 0 aliphatic rings. The first-order valence-corrected chi connectivity index (χ1v) is 7.21. The number of carbonyl (C=O) groups excluding carboxylic acids is 1. The van der Waals surface area contributed by atoms with Gasteiger partial charge in [-0.2, -0.15) is 5.10 Å². The lowest BCUT2D eigenvalue weighted by Gasteiger charge is -2.17. The van der Waals surface area contributed by atoms with Crippen molar-refractivity contribution in [1.29, 1.82) is 0 Å². The molecule has 23 heavy (non-hydrogen) atoms. The van der Waals surface area contributed by atoms with E-state index in [1.54, 1.807) is 19.0 Å². The van der Waals surface area contributed by atoms with E-state index in [1.807, 2.05) is 30.3 Å². The van der Waals surface area contributed by atoms with E-state index >= 15 is 0 Å². The summed E-state index contributed by atoms with van der Waals surface area (Å²) in [6.45, 7) is 0.455. The van der Waals surface area contributed by atoms with Crippen molar-refractivity contribution in [3.8, 4) is 0 Å². The molecule has 7 nitrogen and oxygen atoms in total. The fourth-order valence-electron chi connectivity index (χ4n) is 2.39. The smallest absolute Gasteiger partial charge is 0.264 e. The Bertz CT molecular complexity index is 898. The average molecular weight is 311 g/mol. The lowest BCUT2D eigenvalue weighted by atomic mass is 10.2. The third-order valence-electron chi connectivity index (χ3n) is 3.71. The van der Waals surface area contributed by atoms with Crippen molar-refractivity contribution in [2.45, 2.75) is 13.1 Å². The molecule has 1 aromatic carbocycles. The largest absolute Gasteiger partial charge is 0.340 e. The molecule has 118 valence electrons. The van der Waals surface area contributed by atoms with Crippen LogP contribution in [0.4, 0.5) is 0 Å². The molecule has 3 aromatic rings. The summed E-state index contributed by atoms with van der Waals surface area (Å²) >= 11 is 0. The fourth-order valence-corrected chi connectivity index (χ4v) is 2.39. The van der Waals surface area contributed by atoms with E-state index in [0.29, 0.717) is 17.6 Å². The quantitative estimate of drug-likeness (QED) is 0.714. The molecule has 3 rings (SSSR count). The van der Waals surface area contributed by atoms with Crippen LogP contribution in [0.3, 0.4) is 0 Å². The highest BCUT2D eigenvalue weighted by atomic mass is 16.2. The van der Waals surface area contributed by atoms with Gasteiger partial charge in [0.25, 0.3) is 5.56 Å². The van der Waals surface area contributed by atoms with Crippen LogP contribution >= 0.6 is 0 Å². The summed E-state index contributed by atoms with van der Waals surface area (Å²) in [5.41, 5.74) is 1.29. The van der Waals surface area contributed by atoms with Crippen molar-refractivity contribution in [2.75, 3.05) is 7.05 Å². The third kappa shape index (κ3) is 2.98. The molecule has 1 amide bonds. The minimum atomic E-state index is -0.260. The molecule has 0 saturated carbocycles. The summed E-state index contributed by atoms with van der Waals surface area (Å²) in [4.78, 5) is 30.5. The van der Waals surface area contributed by atoms with Gasteiger partial charge in [-0.1, -0.05) is 30.3 Å². The van der Waals surface area contributed by atoms with Crippen LogP contribution in [-0.4, -0.2) is 37.2 Å². The van der Waals surface area contributed by atoms with E-state index in [4.69, 9.17) is 0 Å². The van der Waals surface area contributed by atoms with E-state index < -0.39 is 0 Å². The first kappa shape index (κ1) is 15.0. The van der Waals surface area contributed by atoms with Crippen LogP contribution in [0.25, 0.3) is 11.0 Å². The standard InChI is InChI=1S/C16H17N5O2/c1-19(9-12-6-4-3-5-7-12)14(22)10-21-11-17-15-13(16(21)23)8-18-20(15)2/h3-8,11H,9-10H2,1-2H3. The summed E-state index contributed by atoms with van der Waals surface area (Å²) < 4.78 is 2.85. The zero-order valence-corrected chi connectivity index (χ0v) is 13.0. The third-order valence-corrected chi connectivity index (χ3v) is 3.71. The number of fused-ring (bicyclic) bond motifs is 1. The van der Waals surface area contributed by atoms with E-state index in [2.05, 4.69) is 10.1 Å². The van der Waals surface area contributed by atoms with E-state index in [0.717, 1.165) is 5.56 Å². The topological polar surface area (TPSA) is 73.0 Å². The number of benzene rings is 1. The predicted molar refractivity (Wildman–Crippen MR) is 85.7 cm³/mol. The lowest BCUT2D eigenvalue weighted by Crippen LogP contribution is -2.33. The number of hydrogen-bond acceptors (Lipinski definition) is 4. The first-order valence-electron chi connectivity index (χ1n) is 7.21. The maximum atomic E-state index is 12.4. The van der Waals surface area contributed by atoms with Crippen LogP contribution in [0.2, 0.25) is 0 Å². The van der Waals surface area contributed by atoms with Crippen molar-refractivity contribution < 1.29 is 4.79 Å². The van der Waals surface area contributed by atoms with E-state index in [9.17, 15) is 9.59 Å². The van der Waals surface area contributed by atoms with Crippen LogP contribution in [0.15, 0.2) is 47.7 Å². The molecule has 0 atom stereocenters. The Labute approximate surface area is 132 Å². The second-order valence-corrected chi connectivity index (χ2v) is 5.42. The molecule has 0 spiro atoms. The van der Waals surface area contributed by atoms with Gasteiger partial charge in [0, 0.05) is 20.6 Å². The van der Waals surface area contributed by atoms with Crippen molar-refractivity contribution in [2.24, 2.45) is 7.05 Å². The van der Waals surface area contributed by atoms with Gasteiger partial charge in [0.05, 0.1) is 6.20 Å². The predicted octanol–water partition coefficient (Wildman–Crippen LogP) is 0.789. The summed E-state index contributed by atoms with van der Waals surface area (Å²) in [7, 11) is 3.44. The zero-order chi connectivity index (χ0) is 16.4. The number of likely N-dealkylation sites (N-methyl/N-ethyl adjacent to an activating group) is 1. The molecule has 2 aromatic heterocycles. The molecular weight excluding hydrogens is 294 g/mol. The zero-order valence-electron chi connectivity index (χ0n) is 13.0. The Morgan fingerprint density at radius 1 is 1.26 bits per heavy atom. The van der Waals surface area contributed by atoms with Gasteiger partial charge in [-0.15, -0.1) is 0 Å². The number of aromatic nitrogens is 4. The van der Waals surface area contributed by atoms with Gasteiger partial charge < -0.3 is 4.90 Å². The lowest BCUT2D eigenvalue weighted by molar-refractivity contribution is -0.131. The fraction of sp³-hybridized carbons (Fsp3) is 0.250. The number of rotatable bonds is 4. The molecule has 0 saturated heterocycles. The number of hydrogen-bond donors (Lipinski definition) is 0. The highest BCUT2D eigenvalue weighted by Gasteiger charge is 2.13. The summed E-state index contributed by atoms with van der Waals surface area (Å²) in [5, 5.41) is 4.42. The highest BCUT2D eigenvalue weighted by Crippen LogP contribution is 2.05. The molecule has 0 aliphatic carbocycles. The summed E-state index contributed by atoms with van der Waals surface area (Å²) in [6.07, 6.45) is 2.86. The summed E-state index contributed by atoms with van der Waals surface area (Å²) in [5.74, 6) is -0.152. The van der Waals surface area contributed by atoms with Crippen LogP contribution < -0.4 is 5.56 Å². The minimum absolute atomic E-state index is 0.0417. The molecule has 0 bridgehead atoms. The minimum Gasteiger partial charge on any atom is -0.340 e. The number of nitrogens with zero attached hydrogens (tertiary/aromatic N) is 5. The van der Waals surface area contributed by atoms with Crippen molar-refractivity contribution in [3.05, 3.63) is 58.8 Å². The van der Waals surface area contributed by atoms with Crippen LogP contribution in [-0.2, 0) is 24.9 Å². The van der Waals surface area contributed by atoms with Gasteiger partial charge in [0.2, 0.25) is 5.91 Å². The van der Waals surface area contributed by atoms with Crippen LogP contribution in [0.5, 0.6) is 0 Å². The summed E-state index contributed by atoms with van der Waals surface area (Å²) in [6, 6.07) is 9.70. The first-order chi connectivity index (χ1) is 11.1. The number of aryl methyl sites for hydroxylation is 1. The molecule has 2 heterocycles. The van der Waals surface area contributed by atoms with Gasteiger partial charge in [0.15, 0.2) is 5.65 Å². The van der Waals surface area contributed by atoms with Crippen molar-refractivity contribution >= 4 is 16.9 Å². The monoisotopic (exact) mass is 311 g/mol. The Kier molecular flexibility index (Phi) is 3.92. The molecule has 7 heteroatoms. The molecule has 0 aliphatic heterocycles. The van der Waals surface area contributed by atoms with Crippen LogP contribution in [0.1, 0.15) is 5.56 Å². The van der Waals surface area contributed by atoms with Gasteiger partial charge in [-0.25, -0.2) is 4.98 Å². The molecule has 0 unspecified atom stereocenters. The van der Waals surface area contributed by atoms with E-state index in [-0.39, 0.29) is 18.0 Å². The van der Waals surface area contributed by atoms with Crippen molar-refractivity contribution in [3.63, 3.8) is 0 Å². The second kappa shape index (κ2) is 6.04. The Balaban J connectivity index is 1.77. The van der Waals surface area contributed by atoms with Gasteiger partial charge >= 0.3 is 0 Å². The molecule has 0 radical (unpaired) electrons. The highest BCUT2D eigenvalue weighted by molar-refractivity contribution is 5.77. The van der Waals surface area contributed by atoms with Crippen molar-refractivity contribution in [1.82, 2.24) is 24.2 Å². The molecular formula is C16H17N5O2. The van der Waals surface area contributed by atoms with Gasteiger partial charge in [-0.05, 0) is 5.56 Å². The Hall–Kier alpha value is -2.96. The van der Waals surface area contributed by atoms with Crippen LogP contribution in [0, 0.1) is 0 Å². The molecule has 0 fully saturated rings. The Morgan fingerprint density at radius 2 is 2.00 bits per heavy atom. The maximum absolute atomic E-state index is 12.4. The number of carbonyl (C=O) groups is 1. The average Bonchev–Trinajstić information content (AvgIpc) is 2.93. The second-order valence-electron chi connectivity index (χ2n) is 5.42. The number of amides is 1. The van der Waals surface area contributed by atoms with E-state index in [1.165, 1.54) is 21.8 Å². The SMILES string of the molecule is CN(Cc1ccccc1)C(=O)Cn1cnc2c(cnn2C)c1=O. The van der Waals surface area contributed by atoms with Gasteiger partial charge in [0.1, 0.15) is 18.3 Å². The normalized spacial score (nSPS) is 10.9. The van der Waals surface area contributed by atoms with Gasteiger partial charge in [-0.3, -0.25) is 18.8 Å². The molecule has 0 N–H and O–H groups in total.